The van der Waals surface area contributed by atoms with Crippen LogP contribution < -0.4 is 15.6 Å². The maximum Gasteiger partial charge on any atom is 0.279 e. The predicted octanol–water partition coefficient (Wildman–Crippen LogP) is 2.60. The van der Waals surface area contributed by atoms with E-state index >= 15 is 0 Å². The third-order valence-electron chi connectivity index (χ3n) is 7.46. The normalized spacial score (nSPS) is 22.7. The van der Waals surface area contributed by atoms with Gasteiger partial charge in [-0.1, -0.05) is 13.3 Å². The summed E-state index contributed by atoms with van der Waals surface area (Å²) in [6.45, 7) is 8.72. The summed E-state index contributed by atoms with van der Waals surface area (Å²) in [6, 6.07) is 2.06. The highest BCUT2D eigenvalue weighted by Crippen LogP contribution is 2.36. The quantitative estimate of drug-likeness (QED) is 0.565. The number of rotatable bonds is 8. The van der Waals surface area contributed by atoms with Gasteiger partial charge in [-0.3, -0.25) is 9.36 Å². The number of fused-ring (bicyclic) bond motifs is 1. The van der Waals surface area contributed by atoms with Gasteiger partial charge in [0.05, 0.1) is 5.60 Å². The van der Waals surface area contributed by atoms with Crippen molar-refractivity contribution < 1.29 is 13.2 Å². The number of hydrogen-bond donors (Lipinski definition) is 2. The molecule has 1 aliphatic heterocycles. The molecule has 0 unspecified atom stereocenters. The van der Waals surface area contributed by atoms with E-state index in [-0.39, 0.29) is 24.2 Å². The van der Waals surface area contributed by atoms with E-state index in [0.29, 0.717) is 49.0 Å². The van der Waals surface area contributed by atoms with Gasteiger partial charge in [0, 0.05) is 56.0 Å². The zero-order valence-electron chi connectivity index (χ0n) is 21.4. The zero-order valence-corrected chi connectivity index (χ0v) is 22.2. The lowest BCUT2D eigenvalue weighted by Crippen LogP contribution is -2.50. The first-order valence-electron chi connectivity index (χ1n) is 12.5. The Labute approximate surface area is 207 Å². The summed E-state index contributed by atoms with van der Waals surface area (Å²) in [5, 5.41) is 4.23. The van der Waals surface area contributed by atoms with Gasteiger partial charge in [-0.15, -0.1) is 0 Å². The number of anilines is 1. The number of aromatic nitrogens is 3. The van der Waals surface area contributed by atoms with Gasteiger partial charge in [-0.05, 0) is 58.4 Å². The molecule has 4 rings (SSSR count). The van der Waals surface area contributed by atoms with Crippen LogP contribution in [0.5, 0.6) is 0 Å². The van der Waals surface area contributed by atoms with E-state index in [2.05, 4.69) is 21.9 Å². The second-order valence-corrected chi connectivity index (χ2v) is 12.3. The first kappa shape index (κ1) is 26.0. The van der Waals surface area contributed by atoms with E-state index in [1.165, 1.54) is 4.31 Å². The van der Waals surface area contributed by atoms with E-state index in [1.807, 2.05) is 31.4 Å². The second-order valence-electron chi connectivity index (χ2n) is 10.6. The smallest absolute Gasteiger partial charge is 0.279 e. The van der Waals surface area contributed by atoms with E-state index in [1.54, 1.807) is 13.3 Å². The monoisotopic (exact) mass is 506 g/mol. The van der Waals surface area contributed by atoms with Crippen LogP contribution in [-0.2, 0) is 14.9 Å². The Bertz CT molecular complexity index is 1220. The minimum Gasteiger partial charge on any atom is -0.377 e. The van der Waals surface area contributed by atoms with Crippen molar-refractivity contribution in [2.75, 3.05) is 32.1 Å². The SMILES string of the molecule is COC(C)(C)CNS(=O)(=O)N1CCC(Nc2ncc3cc(C)c(=O)n([C@@H]4CCC[C@@H]4C)c3n2)CC1. The second kappa shape index (κ2) is 10.1. The van der Waals surface area contributed by atoms with Gasteiger partial charge in [0.15, 0.2) is 0 Å². The molecule has 2 atom stereocenters. The molecule has 1 saturated heterocycles. The fourth-order valence-corrected chi connectivity index (χ4v) is 6.40. The Kier molecular flexibility index (Phi) is 7.51. The maximum absolute atomic E-state index is 13.1. The molecule has 2 aromatic rings. The summed E-state index contributed by atoms with van der Waals surface area (Å²) in [4.78, 5) is 22.4. The number of nitrogens with one attached hydrogen (secondary N) is 2. The summed E-state index contributed by atoms with van der Waals surface area (Å²) in [7, 11) is -2.01. The number of pyridine rings is 1. The van der Waals surface area contributed by atoms with Crippen molar-refractivity contribution in [2.45, 2.75) is 77.5 Å². The van der Waals surface area contributed by atoms with Crippen LogP contribution in [0.15, 0.2) is 17.1 Å². The number of nitrogens with zero attached hydrogens (tertiary/aromatic N) is 4. The predicted molar refractivity (Wildman–Crippen MR) is 137 cm³/mol. The zero-order chi connectivity index (χ0) is 25.4. The molecule has 194 valence electrons. The molecule has 1 aliphatic carbocycles. The Morgan fingerprint density at radius 2 is 1.91 bits per heavy atom. The van der Waals surface area contributed by atoms with Gasteiger partial charge >= 0.3 is 0 Å². The first-order valence-corrected chi connectivity index (χ1v) is 13.9. The van der Waals surface area contributed by atoms with Gasteiger partial charge in [0.2, 0.25) is 5.95 Å². The lowest BCUT2D eigenvalue weighted by atomic mass is 10.1. The molecule has 0 bridgehead atoms. The number of hydrogen-bond acceptors (Lipinski definition) is 7. The van der Waals surface area contributed by atoms with Crippen LogP contribution in [0.3, 0.4) is 0 Å². The van der Waals surface area contributed by atoms with Crippen LogP contribution >= 0.6 is 0 Å². The Hall–Kier alpha value is -2.08. The minimum absolute atomic E-state index is 0.0172. The van der Waals surface area contributed by atoms with Crippen molar-refractivity contribution in [3.05, 3.63) is 28.2 Å². The third kappa shape index (κ3) is 5.68. The largest absolute Gasteiger partial charge is 0.377 e. The minimum atomic E-state index is -3.57. The molecule has 0 radical (unpaired) electrons. The van der Waals surface area contributed by atoms with Gasteiger partial charge < -0.3 is 10.1 Å². The van der Waals surface area contributed by atoms with Gasteiger partial charge in [0.25, 0.3) is 15.8 Å². The highest BCUT2D eigenvalue weighted by Gasteiger charge is 2.31. The number of ether oxygens (including phenoxy) is 1. The average molecular weight is 507 g/mol. The Balaban J connectivity index is 1.46. The molecular formula is C24H38N6O4S. The van der Waals surface area contributed by atoms with Crippen molar-refractivity contribution in [1.29, 1.82) is 0 Å². The van der Waals surface area contributed by atoms with Gasteiger partial charge in [-0.2, -0.15) is 22.4 Å². The lowest BCUT2D eigenvalue weighted by Gasteiger charge is -2.32. The van der Waals surface area contributed by atoms with Crippen molar-refractivity contribution in [3.8, 4) is 0 Å². The van der Waals surface area contributed by atoms with E-state index in [0.717, 1.165) is 24.6 Å². The fourth-order valence-electron chi connectivity index (χ4n) is 5.00. The fraction of sp³-hybridized carbons (Fsp3) is 0.708. The molecule has 11 heteroatoms. The summed E-state index contributed by atoms with van der Waals surface area (Å²) in [5.74, 6) is 0.903. The highest BCUT2D eigenvalue weighted by molar-refractivity contribution is 7.87. The molecule has 3 heterocycles. The molecule has 0 aromatic carbocycles. The molecule has 10 nitrogen and oxygen atoms in total. The van der Waals surface area contributed by atoms with Crippen LogP contribution in [0.1, 0.15) is 64.5 Å². The van der Waals surface area contributed by atoms with E-state index in [4.69, 9.17) is 9.72 Å². The summed E-state index contributed by atoms with van der Waals surface area (Å²) in [5.41, 5.74) is 0.818. The summed E-state index contributed by atoms with van der Waals surface area (Å²) in [6.07, 6.45) is 6.25. The first-order chi connectivity index (χ1) is 16.5. The number of piperidine rings is 1. The van der Waals surface area contributed by atoms with Crippen LogP contribution in [0, 0.1) is 12.8 Å². The standard InChI is InChI=1S/C24H38N6O4S/c1-16-7-6-8-20(16)30-21-18(13-17(2)22(30)31)14-25-23(28-21)27-19-9-11-29(12-10-19)35(32,33)26-15-24(3,4)34-5/h13-14,16,19-20,26H,6-12,15H2,1-5H3,(H,25,27,28)/t16-,20+/m0/s1. The van der Waals surface area contributed by atoms with Gasteiger partial charge in [-0.25, -0.2) is 4.98 Å². The molecular weight excluding hydrogens is 468 g/mol. The topological polar surface area (TPSA) is 118 Å². The molecule has 0 amide bonds. The summed E-state index contributed by atoms with van der Waals surface area (Å²) >= 11 is 0. The molecule has 35 heavy (non-hydrogen) atoms. The molecule has 2 aliphatic rings. The van der Waals surface area contributed by atoms with Gasteiger partial charge in [0.1, 0.15) is 5.65 Å². The molecule has 0 spiro atoms. The summed E-state index contributed by atoms with van der Waals surface area (Å²) < 4.78 is 36.7. The van der Waals surface area contributed by atoms with E-state index < -0.39 is 15.8 Å². The molecule has 2 fully saturated rings. The lowest BCUT2D eigenvalue weighted by molar-refractivity contribution is 0.0273. The van der Waals surface area contributed by atoms with Crippen LogP contribution in [0.2, 0.25) is 0 Å². The third-order valence-corrected chi connectivity index (χ3v) is 9.01. The average Bonchev–Trinajstić information content (AvgIpc) is 3.25. The van der Waals surface area contributed by atoms with Crippen molar-refractivity contribution in [3.63, 3.8) is 0 Å². The number of methoxy groups -OCH3 is 1. The van der Waals surface area contributed by atoms with Crippen LogP contribution in [0.4, 0.5) is 5.95 Å². The molecule has 2 N–H and O–H groups in total. The Morgan fingerprint density at radius 3 is 2.54 bits per heavy atom. The molecule has 2 aromatic heterocycles. The van der Waals surface area contributed by atoms with Crippen LogP contribution in [-0.4, -0.2) is 65.6 Å². The Morgan fingerprint density at radius 1 is 1.20 bits per heavy atom. The molecule has 1 saturated carbocycles. The van der Waals surface area contributed by atoms with Crippen LogP contribution in [0.25, 0.3) is 11.0 Å². The highest BCUT2D eigenvalue weighted by atomic mass is 32.2. The van der Waals surface area contributed by atoms with Crippen molar-refractivity contribution in [1.82, 2.24) is 23.6 Å². The maximum atomic E-state index is 13.1. The van der Waals surface area contributed by atoms with Crippen molar-refractivity contribution in [2.24, 2.45) is 5.92 Å². The van der Waals surface area contributed by atoms with Crippen molar-refractivity contribution >= 4 is 27.2 Å². The van der Waals surface area contributed by atoms with E-state index in [9.17, 15) is 13.2 Å². The number of aryl methyl sites for hydroxylation is 1.